The molecule has 0 saturated carbocycles. The Bertz CT molecular complexity index is 273. The van der Waals surface area contributed by atoms with E-state index < -0.39 is 5.60 Å². The first-order valence-corrected chi connectivity index (χ1v) is 5.13. The largest absolute Gasteiger partial charge is 0.390 e. The maximum absolute atomic E-state index is 11.6. The highest BCUT2D eigenvalue weighted by Crippen LogP contribution is 2.35. The molecule has 2 aliphatic heterocycles. The van der Waals surface area contributed by atoms with Gasteiger partial charge < -0.3 is 15.3 Å². The third kappa shape index (κ3) is 1.38. The molecule has 0 spiro atoms. The van der Waals surface area contributed by atoms with Gasteiger partial charge in [0.05, 0.1) is 17.2 Å². The molecule has 2 unspecified atom stereocenters. The fourth-order valence-corrected chi connectivity index (χ4v) is 2.46. The lowest BCUT2D eigenvalue weighted by Crippen LogP contribution is -2.53. The van der Waals surface area contributed by atoms with Crippen LogP contribution in [0.5, 0.6) is 0 Å². The lowest BCUT2D eigenvalue weighted by atomic mass is 9.81. The van der Waals surface area contributed by atoms with E-state index in [-0.39, 0.29) is 17.6 Å². The highest BCUT2D eigenvalue weighted by molar-refractivity contribution is 5.78. The summed E-state index contributed by atoms with van der Waals surface area (Å²) in [5, 5.41) is 12.9. The van der Waals surface area contributed by atoms with Crippen LogP contribution in [-0.2, 0) is 0 Å². The molecule has 2 atom stereocenters. The van der Waals surface area contributed by atoms with Gasteiger partial charge in [-0.2, -0.15) is 0 Å². The van der Waals surface area contributed by atoms with E-state index in [2.05, 4.69) is 5.32 Å². The molecule has 2 amide bonds. The summed E-state index contributed by atoms with van der Waals surface area (Å²) in [5.74, 6) is 0. The topological polar surface area (TPSA) is 52.6 Å². The number of carbonyl (C=O) groups is 1. The summed E-state index contributed by atoms with van der Waals surface area (Å²) in [7, 11) is 0. The third-order valence-corrected chi connectivity index (χ3v) is 3.42. The van der Waals surface area contributed by atoms with E-state index in [9.17, 15) is 9.90 Å². The number of nitrogens with one attached hydrogen (secondary N) is 1. The Kier molecular flexibility index (Phi) is 1.83. The maximum atomic E-state index is 11.6. The van der Waals surface area contributed by atoms with E-state index in [1.54, 1.807) is 0 Å². The fraction of sp³-hybridized carbons (Fsp3) is 0.900. The summed E-state index contributed by atoms with van der Waals surface area (Å²) in [5.41, 5.74) is -0.841. The van der Waals surface area contributed by atoms with Crippen LogP contribution in [-0.4, -0.2) is 39.8 Å². The van der Waals surface area contributed by atoms with Crippen molar-refractivity contribution in [2.24, 2.45) is 0 Å². The van der Waals surface area contributed by atoms with Gasteiger partial charge in [0.2, 0.25) is 0 Å². The predicted molar refractivity (Wildman–Crippen MR) is 53.0 cm³/mol. The van der Waals surface area contributed by atoms with Gasteiger partial charge in [-0.15, -0.1) is 0 Å². The first-order chi connectivity index (χ1) is 6.32. The summed E-state index contributed by atoms with van der Waals surface area (Å²) in [6.45, 7) is 6.53. The molecule has 0 aliphatic carbocycles. The summed E-state index contributed by atoms with van der Waals surface area (Å²) in [6.07, 6.45) is 1.34. The number of rotatable bonds is 0. The average molecular weight is 198 g/mol. The molecule has 2 fully saturated rings. The molecule has 2 rings (SSSR count). The molecule has 0 aromatic rings. The Morgan fingerprint density at radius 2 is 2.14 bits per heavy atom. The second kappa shape index (κ2) is 2.63. The van der Waals surface area contributed by atoms with Crippen LogP contribution in [0.1, 0.15) is 33.6 Å². The van der Waals surface area contributed by atoms with Gasteiger partial charge in [0, 0.05) is 6.54 Å². The number of amides is 2. The Labute approximate surface area is 84.3 Å². The van der Waals surface area contributed by atoms with Gasteiger partial charge in [-0.3, -0.25) is 0 Å². The molecule has 0 aromatic heterocycles. The molecule has 2 N–H and O–H groups in total. The predicted octanol–water partition coefficient (Wildman–Crippen LogP) is 0.704. The van der Waals surface area contributed by atoms with Crippen LogP contribution in [0.25, 0.3) is 0 Å². The molecule has 2 heterocycles. The number of aliphatic hydroxyl groups is 1. The zero-order valence-electron chi connectivity index (χ0n) is 9.00. The van der Waals surface area contributed by atoms with Crippen molar-refractivity contribution in [3.8, 4) is 0 Å². The zero-order chi connectivity index (χ0) is 10.6. The van der Waals surface area contributed by atoms with Crippen molar-refractivity contribution < 1.29 is 9.90 Å². The van der Waals surface area contributed by atoms with E-state index in [0.717, 1.165) is 0 Å². The van der Waals surface area contributed by atoms with E-state index in [1.165, 1.54) is 0 Å². The van der Waals surface area contributed by atoms with E-state index in [0.29, 0.717) is 19.4 Å². The summed E-state index contributed by atoms with van der Waals surface area (Å²) >= 11 is 0. The molecule has 2 aliphatic rings. The molecule has 2 saturated heterocycles. The summed E-state index contributed by atoms with van der Waals surface area (Å²) < 4.78 is 0. The SMILES string of the molecule is CC1(O)CCN2C(=O)NC(C)(C)C2C1. The van der Waals surface area contributed by atoms with Crippen molar-refractivity contribution in [1.29, 1.82) is 0 Å². The fourth-order valence-electron chi connectivity index (χ4n) is 2.46. The minimum atomic E-state index is -0.620. The highest BCUT2D eigenvalue weighted by Gasteiger charge is 2.50. The number of piperidine rings is 1. The quantitative estimate of drug-likeness (QED) is 0.602. The molecule has 4 heteroatoms. The van der Waals surface area contributed by atoms with E-state index in [4.69, 9.17) is 0 Å². The molecule has 0 bridgehead atoms. The smallest absolute Gasteiger partial charge is 0.318 e. The maximum Gasteiger partial charge on any atom is 0.318 e. The Hall–Kier alpha value is -0.770. The van der Waals surface area contributed by atoms with Gasteiger partial charge in [-0.25, -0.2) is 4.79 Å². The molecule has 4 nitrogen and oxygen atoms in total. The molecule has 80 valence electrons. The van der Waals surface area contributed by atoms with Crippen LogP contribution in [0.2, 0.25) is 0 Å². The summed E-state index contributed by atoms with van der Waals surface area (Å²) in [6, 6.07) is 0.134. The van der Waals surface area contributed by atoms with Crippen molar-refractivity contribution >= 4 is 6.03 Å². The van der Waals surface area contributed by atoms with Crippen molar-refractivity contribution in [1.82, 2.24) is 10.2 Å². The van der Waals surface area contributed by atoms with Crippen LogP contribution >= 0.6 is 0 Å². The first kappa shape index (κ1) is 9.77. The normalized spacial score (nSPS) is 40.7. The summed E-state index contributed by atoms with van der Waals surface area (Å²) in [4.78, 5) is 13.4. The van der Waals surface area contributed by atoms with Gasteiger partial charge in [-0.05, 0) is 33.6 Å². The van der Waals surface area contributed by atoms with Crippen molar-refractivity contribution in [2.75, 3.05) is 6.54 Å². The molecule has 14 heavy (non-hydrogen) atoms. The highest BCUT2D eigenvalue weighted by atomic mass is 16.3. The number of hydrogen-bond acceptors (Lipinski definition) is 2. The number of fused-ring (bicyclic) bond motifs is 1. The second-order valence-electron chi connectivity index (χ2n) is 5.31. The van der Waals surface area contributed by atoms with Gasteiger partial charge in [0.1, 0.15) is 0 Å². The van der Waals surface area contributed by atoms with Crippen LogP contribution < -0.4 is 5.32 Å². The molecular formula is C10H18N2O2. The van der Waals surface area contributed by atoms with Crippen LogP contribution in [0.4, 0.5) is 4.79 Å². The van der Waals surface area contributed by atoms with Crippen molar-refractivity contribution in [2.45, 2.75) is 50.8 Å². The van der Waals surface area contributed by atoms with Crippen LogP contribution in [0, 0.1) is 0 Å². The van der Waals surface area contributed by atoms with Crippen molar-refractivity contribution in [3.05, 3.63) is 0 Å². The van der Waals surface area contributed by atoms with Gasteiger partial charge in [-0.1, -0.05) is 0 Å². The second-order valence-corrected chi connectivity index (χ2v) is 5.31. The Morgan fingerprint density at radius 1 is 1.50 bits per heavy atom. The third-order valence-electron chi connectivity index (χ3n) is 3.42. The Balaban J connectivity index is 2.24. The van der Waals surface area contributed by atoms with Gasteiger partial charge >= 0.3 is 6.03 Å². The van der Waals surface area contributed by atoms with E-state index >= 15 is 0 Å². The number of carbonyl (C=O) groups excluding carboxylic acids is 1. The van der Waals surface area contributed by atoms with E-state index in [1.807, 2.05) is 25.7 Å². The molecular weight excluding hydrogens is 180 g/mol. The minimum Gasteiger partial charge on any atom is -0.390 e. The van der Waals surface area contributed by atoms with Crippen LogP contribution in [0.3, 0.4) is 0 Å². The van der Waals surface area contributed by atoms with Gasteiger partial charge in [0.25, 0.3) is 0 Å². The lowest BCUT2D eigenvalue weighted by Gasteiger charge is -2.41. The standard InChI is InChI=1S/C10H18N2O2/c1-9(2)7-6-10(3,14)4-5-12(7)8(13)11-9/h7,14H,4-6H2,1-3H3,(H,11,13). The molecule has 0 radical (unpaired) electrons. The number of hydrogen-bond donors (Lipinski definition) is 2. The van der Waals surface area contributed by atoms with Crippen LogP contribution in [0.15, 0.2) is 0 Å². The van der Waals surface area contributed by atoms with Gasteiger partial charge in [0.15, 0.2) is 0 Å². The first-order valence-electron chi connectivity index (χ1n) is 5.13. The number of urea groups is 1. The lowest BCUT2D eigenvalue weighted by molar-refractivity contribution is -0.0221. The minimum absolute atomic E-state index is 0.00972. The van der Waals surface area contributed by atoms with Crippen molar-refractivity contribution in [3.63, 3.8) is 0 Å². The monoisotopic (exact) mass is 198 g/mol. The zero-order valence-corrected chi connectivity index (χ0v) is 9.00. The Morgan fingerprint density at radius 3 is 2.79 bits per heavy atom. The average Bonchev–Trinajstić information content (AvgIpc) is 2.20. The number of nitrogens with zero attached hydrogens (tertiary/aromatic N) is 1. The molecule has 0 aromatic carbocycles.